The van der Waals surface area contributed by atoms with Gasteiger partial charge >= 0.3 is 0 Å². The van der Waals surface area contributed by atoms with Gasteiger partial charge in [0, 0.05) is 31.3 Å². The fraction of sp³-hybridized carbons (Fsp3) is 0.682. The zero-order valence-corrected chi connectivity index (χ0v) is 18.8. The van der Waals surface area contributed by atoms with E-state index in [4.69, 9.17) is 26.4 Å². The molecule has 6 nitrogen and oxygen atoms in total. The summed E-state index contributed by atoms with van der Waals surface area (Å²) in [5, 5.41) is 7.52. The molecule has 1 saturated heterocycles. The highest BCUT2D eigenvalue weighted by Gasteiger charge is 2.23. The van der Waals surface area contributed by atoms with Crippen LogP contribution in [-0.4, -0.2) is 50.7 Å². The van der Waals surface area contributed by atoms with Crippen LogP contribution in [0.25, 0.3) is 0 Å². The largest absolute Gasteiger partial charge is 0.492 e. The number of nitrogens with one attached hydrogen (secondary N) is 2. The van der Waals surface area contributed by atoms with Gasteiger partial charge in [-0.05, 0) is 44.8 Å². The maximum Gasteiger partial charge on any atom is 0.171 e. The molecule has 0 amide bonds. The van der Waals surface area contributed by atoms with Crippen LogP contribution in [0.1, 0.15) is 46.5 Å². The lowest BCUT2D eigenvalue weighted by Crippen LogP contribution is -2.43. The SMILES string of the molecule is CCOc1cc(N2CCOCC2)c(OCC)cc1NC(=S)N[C@@H]1CCCC[C@@H]1C. The summed E-state index contributed by atoms with van der Waals surface area (Å²) in [5.74, 6) is 2.27. The van der Waals surface area contributed by atoms with Crippen molar-refractivity contribution in [3.8, 4) is 11.5 Å². The first kappa shape index (κ1) is 22.0. The Morgan fingerprint density at radius 1 is 1.10 bits per heavy atom. The van der Waals surface area contributed by atoms with E-state index in [0.29, 0.717) is 30.3 Å². The molecule has 0 radical (unpaired) electrons. The molecular weight excluding hydrogens is 386 g/mol. The van der Waals surface area contributed by atoms with E-state index < -0.39 is 0 Å². The summed E-state index contributed by atoms with van der Waals surface area (Å²) in [6.07, 6.45) is 5.00. The van der Waals surface area contributed by atoms with Gasteiger partial charge in [0.05, 0.1) is 37.8 Å². The Balaban J connectivity index is 1.80. The maximum atomic E-state index is 5.97. The molecule has 1 aliphatic carbocycles. The van der Waals surface area contributed by atoms with Crippen molar-refractivity contribution in [2.24, 2.45) is 5.92 Å². The van der Waals surface area contributed by atoms with Crippen molar-refractivity contribution in [1.29, 1.82) is 0 Å². The van der Waals surface area contributed by atoms with E-state index in [2.05, 4.69) is 28.5 Å². The fourth-order valence-electron chi connectivity index (χ4n) is 4.10. The highest BCUT2D eigenvalue weighted by Crippen LogP contribution is 2.39. The number of hydrogen-bond donors (Lipinski definition) is 2. The van der Waals surface area contributed by atoms with E-state index >= 15 is 0 Å². The highest BCUT2D eigenvalue weighted by molar-refractivity contribution is 7.80. The van der Waals surface area contributed by atoms with Crippen molar-refractivity contribution in [2.75, 3.05) is 49.7 Å². The summed E-state index contributed by atoms with van der Waals surface area (Å²) >= 11 is 5.63. The standard InChI is InChI=1S/C22H35N3O3S/c1-4-27-20-15-19(25-10-12-26-13-11-25)21(28-5-2)14-18(20)24-22(29)23-17-9-7-6-8-16(17)3/h14-17H,4-13H2,1-3H3,(H2,23,24,29)/t16-,17+/m0/s1. The molecule has 162 valence electrons. The lowest BCUT2D eigenvalue weighted by Gasteiger charge is -2.32. The van der Waals surface area contributed by atoms with Crippen LogP contribution in [0.15, 0.2) is 12.1 Å². The topological polar surface area (TPSA) is 55.0 Å². The third-order valence-corrected chi connectivity index (χ3v) is 5.91. The van der Waals surface area contributed by atoms with Crippen LogP contribution >= 0.6 is 12.2 Å². The van der Waals surface area contributed by atoms with E-state index in [0.717, 1.165) is 49.2 Å². The Kier molecular flexibility index (Phi) is 8.24. The molecule has 7 heteroatoms. The van der Waals surface area contributed by atoms with E-state index in [1.54, 1.807) is 0 Å². The summed E-state index contributed by atoms with van der Waals surface area (Å²) in [7, 11) is 0. The third kappa shape index (κ3) is 5.89. The van der Waals surface area contributed by atoms with Crippen LogP contribution in [0.5, 0.6) is 11.5 Å². The van der Waals surface area contributed by atoms with Crippen LogP contribution in [0.3, 0.4) is 0 Å². The van der Waals surface area contributed by atoms with Crippen LogP contribution in [0.2, 0.25) is 0 Å². The van der Waals surface area contributed by atoms with E-state index in [9.17, 15) is 0 Å². The number of hydrogen-bond acceptors (Lipinski definition) is 5. The molecule has 0 unspecified atom stereocenters. The van der Waals surface area contributed by atoms with Crippen LogP contribution in [0, 0.1) is 5.92 Å². The van der Waals surface area contributed by atoms with Gasteiger partial charge in [-0.2, -0.15) is 0 Å². The van der Waals surface area contributed by atoms with Gasteiger partial charge in [0.15, 0.2) is 5.11 Å². The van der Waals surface area contributed by atoms with Crippen LogP contribution < -0.4 is 25.0 Å². The molecule has 29 heavy (non-hydrogen) atoms. The molecule has 1 saturated carbocycles. The minimum atomic E-state index is 0.429. The van der Waals surface area contributed by atoms with Crippen LogP contribution in [-0.2, 0) is 4.74 Å². The lowest BCUT2D eigenvalue weighted by atomic mass is 9.86. The molecular formula is C22H35N3O3S. The maximum absolute atomic E-state index is 5.97. The first-order valence-electron chi connectivity index (χ1n) is 11.0. The number of anilines is 2. The summed E-state index contributed by atoms with van der Waals surface area (Å²) < 4.78 is 17.4. The normalized spacial score (nSPS) is 22.1. The summed E-state index contributed by atoms with van der Waals surface area (Å²) in [5.41, 5.74) is 1.89. The predicted octanol–water partition coefficient (Wildman–Crippen LogP) is 4.19. The summed E-state index contributed by atoms with van der Waals surface area (Å²) in [6, 6.07) is 4.50. The van der Waals surface area contributed by atoms with Gasteiger partial charge in [-0.15, -0.1) is 0 Å². The Morgan fingerprint density at radius 2 is 1.79 bits per heavy atom. The van der Waals surface area contributed by atoms with Crippen molar-refractivity contribution in [3.05, 3.63) is 12.1 Å². The van der Waals surface area contributed by atoms with Gasteiger partial charge in [-0.25, -0.2) is 0 Å². The Hall–Kier alpha value is -1.73. The lowest BCUT2D eigenvalue weighted by molar-refractivity contribution is 0.122. The second-order valence-electron chi connectivity index (χ2n) is 7.75. The second-order valence-corrected chi connectivity index (χ2v) is 8.16. The Morgan fingerprint density at radius 3 is 2.48 bits per heavy atom. The second kappa shape index (κ2) is 10.9. The number of ether oxygens (including phenoxy) is 3. The molecule has 2 atom stereocenters. The van der Waals surface area contributed by atoms with Crippen molar-refractivity contribution in [3.63, 3.8) is 0 Å². The number of nitrogens with zero attached hydrogens (tertiary/aromatic N) is 1. The summed E-state index contributed by atoms with van der Waals surface area (Å²) in [6.45, 7) is 10.6. The number of benzene rings is 1. The minimum absolute atomic E-state index is 0.429. The highest BCUT2D eigenvalue weighted by atomic mass is 32.1. The van der Waals surface area contributed by atoms with E-state index in [-0.39, 0.29) is 0 Å². The zero-order chi connectivity index (χ0) is 20.6. The average Bonchev–Trinajstić information content (AvgIpc) is 2.72. The van der Waals surface area contributed by atoms with Crippen LogP contribution in [0.4, 0.5) is 11.4 Å². The Bertz CT molecular complexity index is 680. The van der Waals surface area contributed by atoms with Gasteiger partial charge in [0.2, 0.25) is 0 Å². The molecule has 1 heterocycles. The van der Waals surface area contributed by atoms with Gasteiger partial charge in [-0.1, -0.05) is 19.8 Å². The summed E-state index contributed by atoms with van der Waals surface area (Å²) in [4.78, 5) is 2.29. The van der Waals surface area contributed by atoms with Crippen molar-refractivity contribution in [2.45, 2.75) is 52.5 Å². The van der Waals surface area contributed by atoms with Gasteiger partial charge in [0.25, 0.3) is 0 Å². The first-order valence-corrected chi connectivity index (χ1v) is 11.4. The number of rotatable bonds is 7. The van der Waals surface area contributed by atoms with Crippen molar-refractivity contribution < 1.29 is 14.2 Å². The van der Waals surface area contributed by atoms with E-state index in [1.807, 2.05) is 19.9 Å². The fourth-order valence-corrected chi connectivity index (χ4v) is 4.36. The van der Waals surface area contributed by atoms with Gasteiger partial charge < -0.3 is 29.7 Å². The van der Waals surface area contributed by atoms with E-state index in [1.165, 1.54) is 25.7 Å². The van der Waals surface area contributed by atoms with Crippen molar-refractivity contribution in [1.82, 2.24) is 5.32 Å². The minimum Gasteiger partial charge on any atom is -0.492 e. The third-order valence-electron chi connectivity index (χ3n) is 5.69. The number of thiocarbonyl (C=S) groups is 1. The molecule has 0 aromatic heterocycles. The van der Waals surface area contributed by atoms with Crippen molar-refractivity contribution >= 4 is 28.7 Å². The quantitative estimate of drug-likeness (QED) is 0.640. The zero-order valence-electron chi connectivity index (χ0n) is 18.0. The molecule has 2 N–H and O–H groups in total. The smallest absolute Gasteiger partial charge is 0.171 e. The average molecular weight is 422 g/mol. The first-order chi connectivity index (χ1) is 14.1. The Labute approximate surface area is 180 Å². The molecule has 1 aromatic carbocycles. The predicted molar refractivity (Wildman–Crippen MR) is 123 cm³/mol. The van der Waals surface area contributed by atoms with Gasteiger partial charge in [0.1, 0.15) is 11.5 Å². The molecule has 0 spiro atoms. The number of morpholine rings is 1. The molecule has 1 aliphatic heterocycles. The molecule has 2 aliphatic rings. The monoisotopic (exact) mass is 421 g/mol. The molecule has 0 bridgehead atoms. The molecule has 1 aromatic rings. The molecule has 2 fully saturated rings. The molecule has 3 rings (SSSR count). The van der Waals surface area contributed by atoms with Gasteiger partial charge in [-0.3, -0.25) is 0 Å².